The van der Waals surface area contributed by atoms with E-state index in [0.717, 1.165) is 36.9 Å². The van der Waals surface area contributed by atoms with Crippen molar-refractivity contribution >= 4 is 44.6 Å². The summed E-state index contributed by atoms with van der Waals surface area (Å²) in [5.74, 6) is 0.130. The van der Waals surface area contributed by atoms with Gasteiger partial charge in [-0.3, -0.25) is 14.4 Å². The van der Waals surface area contributed by atoms with Crippen molar-refractivity contribution in [3.05, 3.63) is 83.9 Å². The molecule has 0 saturated heterocycles. The van der Waals surface area contributed by atoms with E-state index >= 15 is 0 Å². The second-order valence-electron chi connectivity index (χ2n) is 8.79. The van der Waals surface area contributed by atoms with Crippen LogP contribution >= 0.6 is 12.2 Å². The molecule has 194 valence electrons. The van der Waals surface area contributed by atoms with E-state index in [0.29, 0.717) is 36.6 Å². The maximum atomic E-state index is 13.2. The number of anilines is 2. The Morgan fingerprint density at radius 2 is 1.70 bits per heavy atom. The Morgan fingerprint density at radius 3 is 2.49 bits per heavy atom. The maximum absolute atomic E-state index is 13.2. The summed E-state index contributed by atoms with van der Waals surface area (Å²) < 4.78 is 33.7. The summed E-state index contributed by atoms with van der Waals surface area (Å²) in [5.41, 5.74) is 2.70. The molecule has 9 heteroatoms. The third-order valence-electron chi connectivity index (χ3n) is 6.16. The van der Waals surface area contributed by atoms with Gasteiger partial charge in [-0.05, 0) is 73.1 Å². The van der Waals surface area contributed by atoms with E-state index in [1.807, 2.05) is 30.3 Å². The van der Waals surface area contributed by atoms with Crippen molar-refractivity contribution in [2.24, 2.45) is 0 Å². The summed E-state index contributed by atoms with van der Waals surface area (Å²) in [4.78, 5) is 13.0. The van der Waals surface area contributed by atoms with Crippen LogP contribution in [0.1, 0.15) is 48.5 Å². The van der Waals surface area contributed by atoms with Gasteiger partial charge in [0.15, 0.2) is 5.11 Å². The fraction of sp³-hybridized carbons (Fsp3) is 0.286. The number of unbranched alkanes of at least 4 members (excludes halogenated alkanes) is 3. The summed E-state index contributed by atoms with van der Waals surface area (Å²) in [6.45, 7) is 3.12. The van der Waals surface area contributed by atoms with Gasteiger partial charge in [0.05, 0.1) is 22.8 Å². The molecule has 3 aromatic rings. The van der Waals surface area contributed by atoms with Crippen LogP contribution in [-0.4, -0.2) is 32.6 Å². The topological polar surface area (TPSA) is 87.7 Å². The molecule has 0 unspecified atom stereocenters. The number of para-hydroxylation sites is 2. The fourth-order valence-corrected chi connectivity index (χ4v) is 5.93. The van der Waals surface area contributed by atoms with Gasteiger partial charge in [-0.25, -0.2) is 8.42 Å². The third kappa shape index (κ3) is 6.47. The number of thiocarbonyl (C=S) groups is 1. The summed E-state index contributed by atoms with van der Waals surface area (Å²) in [5, 5.41) is 5.72. The van der Waals surface area contributed by atoms with E-state index in [1.54, 1.807) is 30.3 Å². The predicted molar refractivity (Wildman–Crippen MR) is 151 cm³/mol. The number of fused-ring (bicyclic) bond motifs is 1. The van der Waals surface area contributed by atoms with Crippen molar-refractivity contribution in [3.8, 4) is 5.75 Å². The van der Waals surface area contributed by atoms with Gasteiger partial charge in [0.2, 0.25) is 0 Å². The largest absolute Gasteiger partial charge is 0.493 e. The summed E-state index contributed by atoms with van der Waals surface area (Å²) in [6, 6.07) is 20.9. The minimum absolute atomic E-state index is 0.104. The summed E-state index contributed by atoms with van der Waals surface area (Å²) in [7, 11) is -3.68. The quantitative estimate of drug-likeness (QED) is 0.261. The molecular weight excluding hydrogens is 506 g/mol. The fourth-order valence-electron chi connectivity index (χ4n) is 4.22. The third-order valence-corrected chi connectivity index (χ3v) is 8.19. The van der Waals surface area contributed by atoms with Gasteiger partial charge >= 0.3 is 0 Å². The van der Waals surface area contributed by atoms with Crippen molar-refractivity contribution in [3.63, 3.8) is 0 Å². The highest BCUT2D eigenvalue weighted by atomic mass is 32.2. The Morgan fingerprint density at radius 1 is 0.973 bits per heavy atom. The van der Waals surface area contributed by atoms with Gasteiger partial charge in [0.1, 0.15) is 5.75 Å². The molecule has 2 N–H and O–H groups in total. The standard InChI is InChI=1S/C28H31N3O4S2/c1-2-3-4-9-20-35-26-13-8-6-11-24(26)27(32)30-28(36)29-22-14-16-23(17-15-22)37(33,34)31-19-18-21-10-5-7-12-25(21)31/h5-8,10-17H,2-4,9,18-20H2,1H3,(H2,29,30,32,36). The van der Waals surface area contributed by atoms with E-state index in [-0.39, 0.29) is 15.9 Å². The normalized spacial score (nSPS) is 12.6. The number of ether oxygens (including phenoxy) is 1. The predicted octanol–water partition coefficient (Wildman–Crippen LogP) is 5.52. The zero-order valence-corrected chi connectivity index (χ0v) is 22.4. The van der Waals surface area contributed by atoms with Gasteiger partial charge in [0, 0.05) is 12.2 Å². The number of carbonyl (C=O) groups excluding carboxylic acids is 1. The molecule has 4 rings (SSSR count). The molecule has 0 fully saturated rings. The molecule has 0 spiro atoms. The zero-order chi connectivity index (χ0) is 26.3. The lowest BCUT2D eigenvalue weighted by atomic mass is 10.2. The van der Waals surface area contributed by atoms with E-state index < -0.39 is 10.0 Å². The maximum Gasteiger partial charge on any atom is 0.264 e. The molecule has 0 aliphatic carbocycles. The zero-order valence-electron chi connectivity index (χ0n) is 20.8. The number of rotatable bonds is 10. The van der Waals surface area contributed by atoms with Crippen LogP contribution in [0.5, 0.6) is 5.75 Å². The average molecular weight is 538 g/mol. The van der Waals surface area contributed by atoms with Gasteiger partial charge in [-0.1, -0.05) is 56.5 Å². The van der Waals surface area contributed by atoms with Gasteiger partial charge in [-0.15, -0.1) is 0 Å². The van der Waals surface area contributed by atoms with E-state index in [4.69, 9.17) is 17.0 Å². The number of hydrogen-bond acceptors (Lipinski definition) is 5. The lowest BCUT2D eigenvalue weighted by Crippen LogP contribution is -2.34. The van der Waals surface area contributed by atoms with Gasteiger partial charge in [0.25, 0.3) is 15.9 Å². The second kappa shape index (κ2) is 12.2. The number of nitrogens with one attached hydrogen (secondary N) is 2. The Kier molecular flexibility index (Phi) is 8.78. The number of sulfonamides is 1. The van der Waals surface area contributed by atoms with Crippen LogP contribution in [-0.2, 0) is 16.4 Å². The lowest BCUT2D eigenvalue weighted by Gasteiger charge is -2.20. The number of nitrogens with zero attached hydrogens (tertiary/aromatic N) is 1. The first-order valence-corrected chi connectivity index (χ1v) is 14.3. The van der Waals surface area contributed by atoms with Crippen molar-refractivity contribution in [1.82, 2.24) is 5.32 Å². The monoisotopic (exact) mass is 537 g/mol. The first-order chi connectivity index (χ1) is 17.9. The van der Waals surface area contributed by atoms with E-state index in [2.05, 4.69) is 17.6 Å². The molecule has 0 aromatic heterocycles. The summed E-state index contributed by atoms with van der Waals surface area (Å²) >= 11 is 5.32. The van der Waals surface area contributed by atoms with E-state index in [9.17, 15) is 13.2 Å². The molecule has 1 aliphatic rings. The molecular formula is C28H31N3O4S2. The molecule has 1 amide bonds. The van der Waals surface area contributed by atoms with Crippen molar-refractivity contribution < 1.29 is 17.9 Å². The molecule has 0 bridgehead atoms. The van der Waals surface area contributed by atoms with Crippen LogP contribution in [0.15, 0.2) is 77.7 Å². The Hall–Kier alpha value is -3.43. The minimum Gasteiger partial charge on any atom is -0.493 e. The number of carbonyl (C=O) groups is 1. The molecule has 37 heavy (non-hydrogen) atoms. The first kappa shape index (κ1) is 26.6. The van der Waals surface area contributed by atoms with Crippen molar-refractivity contribution in [2.75, 3.05) is 22.8 Å². The minimum atomic E-state index is -3.68. The van der Waals surface area contributed by atoms with Crippen molar-refractivity contribution in [1.29, 1.82) is 0 Å². The van der Waals surface area contributed by atoms with Gasteiger partial charge < -0.3 is 10.1 Å². The second-order valence-corrected chi connectivity index (χ2v) is 11.1. The Bertz CT molecular complexity index is 1360. The van der Waals surface area contributed by atoms with Crippen LogP contribution in [0, 0.1) is 0 Å². The van der Waals surface area contributed by atoms with Crippen LogP contribution in [0.2, 0.25) is 0 Å². The SMILES string of the molecule is CCCCCCOc1ccccc1C(=O)NC(=S)Nc1ccc(S(=O)(=O)N2CCc3ccccc32)cc1. The lowest BCUT2D eigenvalue weighted by molar-refractivity contribution is 0.0973. The highest BCUT2D eigenvalue weighted by Crippen LogP contribution is 2.32. The highest BCUT2D eigenvalue weighted by molar-refractivity contribution is 7.92. The van der Waals surface area contributed by atoms with Gasteiger partial charge in [-0.2, -0.15) is 0 Å². The van der Waals surface area contributed by atoms with Crippen LogP contribution in [0.25, 0.3) is 0 Å². The Labute approximate surface area is 223 Å². The molecule has 1 aliphatic heterocycles. The average Bonchev–Trinajstić information content (AvgIpc) is 3.34. The Balaban J connectivity index is 1.36. The van der Waals surface area contributed by atoms with Crippen LogP contribution in [0.3, 0.4) is 0 Å². The molecule has 0 saturated carbocycles. The van der Waals surface area contributed by atoms with E-state index in [1.165, 1.54) is 16.4 Å². The first-order valence-electron chi connectivity index (χ1n) is 12.4. The molecule has 0 atom stereocenters. The van der Waals surface area contributed by atoms with Crippen LogP contribution in [0.4, 0.5) is 11.4 Å². The number of benzene rings is 3. The smallest absolute Gasteiger partial charge is 0.264 e. The molecule has 0 radical (unpaired) electrons. The van der Waals surface area contributed by atoms with Crippen molar-refractivity contribution in [2.45, 2.75) is 43.9 Å². The summed E-state index contributed by atoms with van der Waals surface area (Å²) in [6.07, 6.45) is 5.01. The highest BCUT2D eigenvalue weighted by Gasteiger charge is 2.30. The molecule has 3 aromatic carbocycles. The molecule has 1 heterocycles. The number of hydrogen-bond donors (Lipinski definition) is 2. The van der Waals surface area contributed by atoms with Crippen LogP contribution < -0.4 is 19.7 Å². The number of amides is 1. The molecule has 7 nitrogen and oxygen atoms in total.